The molecule has 1 aromatic carbocycles. The van der Waals surface area contributed by atoms with Gasteiger partial charge in [-0.25, -0.2) is 0 Å². The second-order valence-corrected chi connectivity index (χ2v) is 4.48. The van der Waals surface area contributed by atoms with Gasteiger partial charge in [-0.2, -0.15) is 5.10 Å². The van der Waals surface area contributed by atoms with E-state index in [1.54, 1.807) is 10.9 Å². The number of nitro benzene ring substituents is 1. The van der Waals surface area contributed by atoms with Gasteiger partial charge in [-0.05, 0) is 12.1 Å². The van der Waals surface area contributed by atoms with Crippen molar-refractivity contribution < 1.29 is 9.72 Å². The Bertz CT molecular complexity index is 680. The van der Waals surface area contributed by atoms with Gasteiger partial charge in [0.2, 0.25) is 0 Å². The van der Waals surface area contributed by atoms with E-state index >= 15 is 0 Å². The molecule has 0 fully saturated rings. The molecule has 8 heteroatoms. The fourth-order valence-corrected chi connectivity index (χ4v) is 1.90. The Hall–Kier alpha value is -2.90. The monoisotopic (exact) mass is 289 g/mol. The molecule has 3 N–H and O–H groups in total. The second kappa shape index (κ2) is 6.04. The summed E-state index contributed by atoms with van der Waals surface area (Å²) in [6, 6.07) is 5.65. The molecular weight excluding hydrogens is 274 g/mol. The molecule has 0 atom stereocenters. The lowest BCUT2D eigenvalue weighted by atomic mass is 10.1. The molecule has 0 saturated carbocycles. The lowest BCUT2D eigenvalue weighted by Gasteiger charge is -2.07. The van der Waals surface area contributed by atoms with Crippen LogP contribution in [0.15, 0.2) is 30.5 Å². The van der Waals surface area contributed by atoms with Gasteiger partial charge in [0.25, 0.3) is 11.6 Å². The Morgan fingerprint density at radius 3 is 2.86 bits per heavy atom. The number of amides is 1. The summed E-state index contributed by atoms with van der Waals surface area (Å²) in [4.78, 5) is 22.2. The molecule has 1 heterocycles. The molecule has 8 nitrogen and oxygen atoms in total. The highest BCUT2D eigenvalue weighted by Crippen LogP contribution is 2.19. The minimum atomic E-state index is -0.564. The molecule has 2 aromatic rings. The fourth-order valence-electron chi connectivity index (χ4n) is 1.90. The maximum absolute atomic E-state index is 12.0. The average molecular weight is 289 g/mol. The zero-order valence-corrected chi connectivity index (χ0v) is 11.4. The Labute approximate surface area is 120 Å². The predicted molar refractivity (Wildman–Crippen MR) is 76.8 cm³/mol. The molecule has 2 rings (SSSR count). The number of nitrogens with two attached hydrogens (primary N) is 1. The molecule has 0 bridgehead atoms. The first-order valence-corrected chi connectivity index (χ1v) is 6.28. The number of carbonyl (C=O) groups excluding carboxylic acids is 1. The summed E-state index contributed by atoms with van der Waals surface area (Å²) in [5, 5.41) is 17.4. The van der Waals surface area contributed by atoms with E-state index in [4.69, 9.17) is 5.73 Å². The number of non-ortho nitro benzene ring substituents is 1. The predicted octanol–water partition coefficient (Wildman–Crippen LogP) is 0.883. The number of anilines is 1. The van der Waals surface area contributed by atoms with Crippen LogP contribution >= 0.6 is 0 Å². The van der Waals surface area contributed by atoms with Gasteiger partial charge < -0.3 is 11.1 Å². The van der Waals surface area contributed by atoms with Crippen molar-refractivity contribution in [2.75, 3.05) is 12.3 Å². The highest BCUT2D eigenvalue weighted by molar-refractivity contribution is 5.99. The third kappa shape index (κ3) is 3.35. The number of nitrogens with zero attached hydrogens (tertiary/aromatic N) is 3. The molecule has 0 unspecified atom stereocenters. The van der Waals surface area contributed by atoms with Crippen LogP contribution in [-0.2, 0) is 13.5 Å². The van der Waals surface area contributed by atoms with Crippen LogP contribution in [0.4, 0.5) is 11.4 Å². The van der Waals surface area contributed by atoms with Crippen LogP contribution in [0.2, 0.25) is 0 Å². The summed E-state index contributed by atoms with van der Waals surface area (Å²) in [5.74, 6) is -0.432. The van der Waals surface area contributed by atoms with Crippen molar-refractivity contribution in [2.24, 2.45) is 7.05 Å². The number of hydrogen-bond acceptors (Lipinski definition) is 5. The number of carbonyl (C=O) groups is 1. The number of nitrogens with one attached hydrogen (secondary N) is 1. The van der Waals surface area contributed by atoms with Crippen LogP contribution in [0.25, 0.3) is 0 Å². The zero-order valence-electron chi connectivity index (χ0n) is 11.4. The third-order valence-corrected chi connectivity index (χ3v) is 3.08. The van der Waals surface area contributed by atoms with Gasteiger partial charge in [0.15, 0.2) is 0 Å². The lowest BCUT2D eigenvalue weighted by Crippen LogP contribution is -2.27. The van der Waals surface area contributed by atoms with Crippen LogP contribution in [0, 0.1) is 10.1 Å². The molecule has 110 valence electrons. The number of benzene rings is 1. The molecular formula is C13H15N5O3. The highest BCUT2D eigenvalue weighted by atomic mass is 16.6. The van der Waals surface area contributed by atoms with Gasteiger partial charge in [0, 0.05) is 49.7 Å². The maximum Gasteiger partial charge on any atom is 0.270 e. The third-order valence-electron chi connectivity index (χ3n) is 3.08. The van der Waals surface area contributed by atoms with E-state index in [1.807, 2.05) is 13.1 Å². The molecule has 0 radical (unpaired) electrons. The van der Waals surface area contributed by atoms with E-state index < -0.39 is 10.8 Å². The molecule has 1 amide bonds. The van der Waals surface area contributed by atoms with E-state index in [9.17, 15) is 14.9 Å². The standard InChI is InChI=1S/C13H15N5O3/c1-17-9(5-7-16-17)4-6-15-13(19)11-8-10(18(20)21)2-3-12(11)14/h2-3,5,7-8H,4,6,14H2,1H3,(H,15,19). The largest absolute Gasteiger partial charge is 0.398 e. The summed E-state index contributed by atoms with van der Waals surface area (Å²) >= 11 is 0. The number of aromatic nitrogens is 2. The smallest absolute Gasteiger partial charge is 0.270 e. The van der Waals surface area contributed by atoms with Gasteiger partial charge in [-0.1, -0.05) is 0 Å². The SMILES string of the molecule is Cn1nccc1CCNC(=O)c1cc([N+](=O)[O-])ccc1N. The summed E-state index contributed by atoms with van der Waals surface area (Å²) in [5.41, 5.74) is 6.80. The molecule has 0 spiro atoms. The van der Waals surface area contributed by atoms with Gasteiger partial charge >= 0.3 is 0 Å². The van der Waals surface area contributed by atoms with Crippen LogP contribution in [-0.4, -0.2) is 27.2 Å². The second-order valence-electron chi connectivity index (χ2n) is 4.48. The maximum atomic E-state index is 12.0. The summed E-state index contributed by atoms with van der Waals surface area (Å²) in [7, 11) is 1.82. The Morgan fingerprint density at radius 1 is 1.48 bits per heavy atom. The first-order valence-electron chi connectivity index (χ1n) is 6.28. The quantitative estimate of drug-likeness (QED) is 0.481. The van der Waals surface area contributed by atoms with E-state index in [0.29, 0.717) is 13.0 Å². The number of nitro groups is 1. The van der Waals surface area contributed by atoms with Crippen molar-refractivity contribution in [2.45, 2.75) is 6.42 Å². The Balaban J connectivity index is 2.01. The van der Waals surface area contributed by atoms with Crippen molar-refractivity contribution in [1.29, 1.82) is 0 Å². The van der Waals surface area contributed by atoms with Crippen LogP contribution in [0.3, 0.4) is 0 Å². The van der Waals surface area contributed by atoms with E-state index in [0.717, 1.165) is 5.69 Å². The number of nitrogen functional groups attached to an aromatic ring is 1. The summed E-state index contributed by atoms with van der Waals surface area (Å²) in [6.07, 6.45) is 2.28. The number of aryl methyl sites for hydroxylation is 1. The van der Waals surface area contributed by atoms with E-state index in [2.05, 4.69) is 10.4 Å². The van der Waals surface area contributed by atoms with E-state index in [-0.39, 0.29) is 16.9 Å². The number of hydrogen-bond donors (Lipinski definition) is 2. The van der Waals surface area contributed by atoms with Gasteiger partial charge in [-0.3, -0.25) is 19.6 Å². The van der Waals surface area contributed by atoms with Crippen molar-refractivity contribution in [3.8, 4) is 0 Å². The zero-order chi connectivity index (χ0) is 15.4. The molecule has 0 aliphatic heterocycles. The minimum absolute atomic E-state index is 0.106. The Kier molecular flexibility index (Phi) is 4.17. The molecule has 0 aliphatic rings. The van der Waals surface area contributed by atoms with E-state index in [1.165, 1.54) is 18.2 Å². The van der Waals surface area contributed by atoms with Crippen molar-refractivity contribution in [3.63, 3.8) is 0 Å². The van der Waals surface area contributed by atoms with Crippen molar-refractivity contribution >= 4 is 17.3 Å². The summed E-state index contributed by atoms with van der Waals surface area (Å²) < 4.78 is 1.72. The van der Waals surface area contributed by atoms with Crippen molar-refractivity contribution in [1.82, 2.24) is 15.1 Å². The Morgan fingerprint density at radius 2 is 2.24 bits per heavy atom. The molecule has 21 heavy (non-hydrogen) atoms. The van der Waals surface area contributed by atoms with Crippen molar-refractivity contribution in [3.05, 3.63) is 51.8 Å². The van der Waals surface area contributed by atoms with Crippen LogP contribution in [0.1, 0.15) is 16.1 Å². The lowest BCUT2D eigenvalue weighted by molar-refractivity contribution is -0.384. The summed E-state index contributed by atoms with van der Waals surface area (Å²) in [6.45, 7) is 0.389. The topological polar surface area (TPSA) is 116 Å². The molecule has 0 saturated heterocycles. The minimum Gasteiger partial charge on any atom is -0.398 e. The normalized spacial score (nSPS) is 10.3. The number of rotatable bonds is 5. The van der Waals surface area contributed by atoms with Gasteiger partial charge in [0.1, 0.15) is 0 Å². The fraction of sp³-hybridized carbons (Fsp3) is 0.231. The highest BCUT2D eigenvalue weighted by Gasteiger charge is 2.15. The molecule has 0 aliphatic carbocycles. The van der Waals surface area contributed by atoms with Gasteiger partial charge in [0.05, 0.1) is 10.5 Å². The first kappa shape index (κ1) is 14.5. The van der Waals surface area contributed by atoms with Gasteiger partial charge in [-0.15, -0.1) is 0 Å². The first-order chi connectivity index (χ1) is 9.99. The van der Waals surface area contributed by atoms with Crippen LogP contribution < -0.4 is 11.1 Å². The molecule has 1 aromatic heterocycles. The average Bonchev–Trinajstić information content (AvgIpc) is 2.84. The van der Waals surface area contributed by atoms with Crippen LogP contribution in [0.5, 0.6) is 0 Å².